The standard InChI is InChI=1S/C8H12N2/c1-9-7-5-8-4-2-3-6-10-8/h2-4,6,9H,5,7H2,1H3/i1D3,2D,3D,4D,6D. The van der Waals surface area contributed by atoms with Gasteiger partial charge in [-0.25, -0.2) is 0 Å². The van der Waals surface area contributed by atoms with Gasteiger partial charge in [0.25, 0.3) is 0 Å². The van der Waals surface area contributed by atoms with E-state index in [2.05, 4.69) is 10.3 Å². The fraction of sp³-hybridized carbons (Fsp3) is 0.375. The van der Waals surface area contributed by atoms with Crippen molar-refractivity contribution in [3.05, 3.63) is 30.0 Å². The van der Waals surface area contributed by atoms with Crippen molar-refractivity contribution in [2.24, 2.45) is 0 Å². The molecule has 54 valence electrons. The summed E-state index contributed by atoms with van der Waals surface area (Å²) in [5, 5.41) is 2.26. The predicted molar refractivity (Wildman–Crippen MR) is 41.9 cm³/mol. The van der Waals surface area contributed by atoms with Gasteiger partial charge in [-0.05, 0) is 19.1 Å². The third kappa shape index (κ3) is 2.15. The summed E-state index contributed by atoms with van der Waals surface area (Å²) in [6.45, 7) is -2.18. The van der Waals surface area contributed by atoms with Gasteiger partial charge < -0.3 is 5.32 Å². The van der Waals surface area contributed by atoms with Crippen molar-refractivity contribution < 1.29 is 9.60 Å². The van der Waals surface area contributed by atoms with Gasteiger partial charge >= 0.3 is 0 Å². The van der Waals surface area contributed by atoms with E-state index in [-0.39, 0.29) is 43.0 Å². The molecule has 0 aliphatic rings. The Morgan fingerprint density at radius 3 is 3.70 bits per heavy atom. The number of pyridine rings is 1. The number of hydrogen-bond acceptors (Lipinski definition) is 2. The molecular weight excluding hydrogens is 124 g/mol. The lowest BCUT2D eigenvalue weighted by atomic mass is 10.3. The second kappa shape index (κ2) is 4.01. The molecule has 0 aliphatic heterocycles. The Balaban J connectivity index is 2.79. The highest BCUT2D eigenvalue weighted by Crippen LogP contribution is 1.92. The molecule has 2 heteroatoms. The maximum absolute atomic E-state index is 7.55. The van der Waals surface area contributed by atoms with E-state index in [4.69, 9.17) is 9.60 Å². The third-order valence-corrected chi connectivity index (χ3v) is 1.00. The maximum Gasteiger partial charge on any atom is 0.0840 e. The van der Waals surface area contributed by atoms with Crippen molar-refractivity contribution in [3.63, 3.8) is 0 Å². The summed E-state index contributed by atoms with van der Waals surface area (Å²) in [5.41, 5.74) is 0.160. The van der Waals surface area contributed by atoms with Gasteiger partial charge in [0.05, 0.1) is 5.48 Å². The van der Waals surface area contributed by atoms with Crippen LogP contribution in [0.3, 0.4) is 0 Å². The Labute approximate surface area is 71.1 Å². The van der Waals surface area contributed by atoms with Gasteiger partial charge in [0.1, 0.15) is 0 Å². The molecule has 0 spiro atoms. The van der Waals surface area contributed by atoms with E-state index < -0.39 is 6.98 Å². The minimum absolute atomic E-state index is 0.0750. The first kappa shape index (κ1) is 2.31. The molecule has 0 amide bonds. The van der Waals surface area contributed by atoms with Crippen LogP contribution in [0.1, 0.15) is 15.3 Å². The lowest BCUT2D eigenvalue weighted by molar-refractivity contribution is 0.776. The highest BCUT2D eigenvalue weighted by molar-refractivity contribution is 5.03. The Hall–Kier alpha value is -0.890. The van der Waals surface area contributed by atoms with E-state index >= 15 is 0 Å². The van der Waals surface area contributed by atoms with Crippen LogP contribution in [-0.4, -0.2) is 18.5 Å². The van der Waals surface area contributed by atoms with E-state index in [1.807, 2.05) is 0 Å². The Kier molecular flexibility index (Phi) is 0.926. The molecule has 0 radical (unpaired) electrons. The van der Waals surface area contributed by atoms with Gasteiger partial charge in [-0.1, -0.05) is 6.04 Å². The smallest absolute Gasteiger partial charge is 0.0840 e. The summed E-state index contributed by atoms with van der Waals surface area (Å²) in [4.78, 5) is 3.70. The van der Waals surface area contributed by atoms with Crippen LogP contribution in [0.4, 0.5) is 0 Å². The molecule has 1 rings (SSSR count). The number of rotatable bonds is 3. The van der Waals surface area contributed by atoms with Gasteiger partial charge in [-0.2, -0.15) is 0 Å². The zero-order valence-electron chi connectivity index (χ0n) is 12.4. The Morgan fingerprint density at radius 2 is 2.80 bits per heavy atom. The molecule has 1 aromatic rings. The summed E-state index contributed by atoms with van der Waals surface area (Å²) in [5.74, 6) is 0. The highest BCUT2D eigenvalue weighted by Gasteiger charge is 1.88. The molecule has 0 aliphatic carbocycles. The molecule has 2 nitrogen and oxygen atoms in total. The van der Waals surface area contributed by atoms with Crippen molar-refractivity contribution in [1.29, 1.82) is 0 Å². The summed E-state index contributed by atoms with van der Waals surface area (Å²) in [6.07, 6.45) is -0.232. The molecule has 0 atom stereocenters. The Bertz CT molecular complexity index is 415. The second-order valence-corrected chi connectivity index (χ2v) is 1.72. The van der Waals surface area contributed by atoms with Crippen LogP contribution < -0.4 is 5.32 Å². The maximum atomic E-state index is 7.55. The lowest BCUT2D eigenvalue weighted by Crippen LogP contribution is -2.10. The SMILES string of the molecule is [2H]c1nc(CCNC([2H])([2H])[2H])c([2H])c([2H])c1[2H]. The molecule has 10 heavy (non-hydrogen) atoms. The first-order valence-corrected chi connectivity index (χ1v) is 2.90. The predicted octanol–water partition coefficient (Wildman–Crippen LogP) is 0.844. The molecule has 0 bridgehead atoms. The minimum atomic E-state index is -2.26. The van der Waals surface area contributed by atoms with Crippen LogP contribution >= 0.6 is 0 Å². The zero-order chi connectivity index (χ0) is 13.2. The summed E-state index contributed by atoms with van der Waals surface area (Å²) in [6, 6.07) is -0.963. The lowest BCUT2D eigenvalue weighted by Gasteiger charge is -1.96. The Morgan fingerprint density at radius 1 is 1.80 bits per heavy atom. The number of aromatic nitrogens is 1. The summed E-state index contributed by atoms with van der Waals surface area (Å²) in [7, 11) is 0. The number of hydrogen-bond donors (Lipinski definition) is 1. The van der Waals surface area contributed by atoms with Crippen molar-refractivity contribution in [2.75, 3.05) is 13.5 Å². The first-order chi connectivity index (χ1) is 7.72. The highest BCUT2D eigenvalue weighted by atomic mass is 14.8. The number of nitrogens with zero attached hydrogens (tertiary/aromatic N) is 1. The summed E-state index contributed by atoms with van der Waals surface area (Å²) < 4.78 is 50.3. The monoisotopic (exact) mass is 143 g/mol. The third-order valence-electron chi connectivity index (χ3n) is 1.00. The quantitative estimate of drug-likeness (QED) is 0.678. The summed E-state index contributed by atoms with van der Waals surface area (Å²) >= 11 is 0. The minimum Gasteiger partial charge on any atom is -0.319 e. The van der Waals surface area contributed by atoms with Crippen molar-refractivity contribution in [1.82, 2.24) is 10.3 Å². The van der Waals surface area contributed by atoms with E-state index in [1.165, 1.54) is 0 Å². The van der Waals surface area contributed by atoms with Crippen LogP contribution in [-0.2, 0) is 6.42 Å². The van der Waals surface area contributed by atoms with Gasteiger partial charge in [0, 0.05) is 28.9 Å². The van der Waals surface area contributed by atoms with Crippen LogP contribution in [0.5, 0.6) is 0 Å². The van der Waals surface area contributed by atoms with Crippen molar-refractivity contribution in [2.45, 2.75) is 6.42 Å². The van der Waals surface area contributed by atoms with Gasteiger partial charge in [0.2, 0.25) is 0 Å². The van der Waals surface area contributed by atoms with E-state index in [0.29, 0.717) is 0 Å². The first-order valence-electron chi connectivity index (χ1n) is 6.40. The molecule has 1 aromatic heterocycles. The average molecular weight is 143 g/mol. The van der Waals surface area contributed by atoms with Crippen LogP contribution in [0.2, 0.25) is 0 Å². The molecule has 1 N–H and O–H groups in total. The normalized spacial score (nSPS) is 21.0. The van der Waals surface area contributed by atoms with Crippen molar-refractivity contribution in [3.8, 4) is 0 Å². The van der Waals surface area contributed by atoms with Crippen LogP contribution in [0.15, 0.2) is 24.3 Å². The van der Waals surface area contributed by atoms with Gasteiger partial charge in [-0.15, -0.1) is 0 Å². The van der Waals surface area contributed by atoms with Crippen LogP contribution in [0.25, 0.3) is 0 Å². The van der Waals surface area contributed by atoms with Gasteiger partial charge in [0.15, 0.2) is 0 Å². The molecule has 0 unspecified atom stereocenters. The molecule has 1 heterocycles. The van der Waals surface area contributed by atoms with Crippen LogP contribution in [0, 0.1) is 0 Å². The number of likely N-dealkylation sites (N-methyl/N-ethyl adjacent to an activating group) is 1. The van der Waals surface area contributed by atoms with E-state index in [0.717, 1.165) is 0 Å². The van der Waals surface area contributed by atoms with E-state index in [1.54, 1.807) is 0 Å². The van der Waals surface area contributed by atoms with Crippen molar-refractivity contribution >= 4 is 0 Å². The van der Waals surface area contributed by atoms with Gasteiger partial charge in [-0.3, -0.25) is 4.98 Å². The topological polar surface area (TPSA) is 24.9 Å². The molecule has 0 saturated heterocycles. The average Bonchev–Trinajstić information content (AvgIpc) is 2.21. The molecule has 0 fully saturated rings. The van der Waals surface area contributed by atoms with E-state index in [9.17, 15) is 0 Å². The fourth-order valence-electron chi connectivity index (χ4n) is 0.554. The number of nitrogens with one attached hydrogen (secondary N) is 1. The zero-order valence-corrected chi connectivity index (χ0v) is 5.36. The largest absolute Gasteiger partial charge is 0.319 e. The fourth-order valence-corrected chi connectivity index (χ4v) is 0.554. The second-order valence-electron chi connectivity index (χ2n) is 1.72. The molecule has 0 aromatic carbocycles. The molecule has 0 saturated carbocycles. The molecular formula is C8H12N2.